The summed E-state index contributed by atoms with van der Waals surface area (Å²) in [5.74, 6) is -0.495. The lowest BCUT2D eigenvalue weighted by molar-refractivity contribution is 0.0531. The first-order valence-electron chi connectivity index (χ1n) is 9.34. The third kappa shape index (κ3) is 3.38. The second-order valence-electron chi connectivity index (χ2n) is 6.87. The molecule has 7 heteroatoms. The quantitative estimate of drug-likeness (QED) is 0.603. The summed E-state index contributed by atoms with van der Waals surface area (Å²) in [4.78, 5) is 37.0. The van der Waals surface area contributed by atoms with Crippen LogP contribution in [0.1, 0.15) is 51.2 Å². The van der Waals surface area contributed by atoms with E-state index in [1.54, 1.807) is 18.7 Å². The zero-order chi connectivity index (χ0) is 19.8. The monoisotopic (exact) mass is 395 g/mol. The average Bonchev–Trinajstić information content (AvgIpc) is 3.42. The van der Waals surface area contributed by atoms with Crippen LogP contribution in [0, 0.1) is 13.8 Å². The lowest BCUT2D eigenvalue weighted by Crippen LogP contribution is -2.33. The standard InChI is InChI=1S/C21H21N3O3S/c1-4-27-20(26)18-13(3)23-21(28-18)24(14-9-10-14)19(25)16-11-12(2)22-17-8-6-5-7-15(16)17/h5-8,11,14H,4,9-10H2,1-3H3. The van der Waals surface area contributed by atoms with E-state index in [-0.39, 0.29) is 11.9 Å². The number of carbonyl (C=O) groups excluding carboxylic acids is 2. The molecule has 0 N–H and O–H groups in total. The number of carbonyl (C=O) groups is 2. The van der Waals surface area contributed by atoms with Crippen LogP contribution in [0.15, 0.2) is 30.3 Å². The lowest BCUT2D eigenvalue weighted by Gasteiger charge is -2.20. The number of hydrogen-bond acceptors (Lipinski definition) is 6. The van der Waals surface area contributed by atoms with Gasteiger partial charge in [0.25, 0.3) is 5.91 Å². The number of aryl methyl sites for hydroxylation is 2. The highest BCUT2D eigenvalue weighted by Crippen LogP contribution is 2.37. The third-order valence-electron chi connectivity index (χ3n) is 4.66. The Morgan fingerprint density at radius 2 is 1.96 bits per heavy atom. The van der Waals surface area contributed by atoms with E-state index >= 15 is 0 Å². The first-order valence-corrected chi connectivity index (χ1v) is 10.2. The van der Waals surface area contributed by atoms with Gasteiger partial charge in [0.2, 0.25) is 0 Å². The first-order chi connectivity index (χ1) is 13.5. The number of pyridine rings is 1. The lowest BCUT2D eigenvalue weighted by atomic mass is 10.1. The van der Waals surface area contributed by atoms with E-state index in [4.69, 9.17) is 4.74 Å². The molecule has 0 saturated heterocycles. The number of esters is 1. The van der Waals surface area contributed by atoms with Crippen molar-refractivity contribution in [3.05, 3.63) is 52.2 Å². The molecule has 2 aromatic heterocycles. The zero-order valence-corrected chi connectivity index (χ0v) is 16.9. The zero-order valence-electron chi connectivity index (χ0n) is 16.1. The minimum Gasteiger partial charge on any atom is -0.462 e. The molecule has 1 aliphatic rings. The molecule has 0 atom stereocenters. The minimum atomic E-state index is -0.392. The topological polar surface area (TPSA) is 72.4 Å². The van der Waals surface area contributed by atoms with Crippen molar-refractivity contribution in [3.8, 4) is 0 Å². The van der Waals surface area contributed by atoms with Crippen molar-refractivity contribution in [3.63, 3.8) is 0 Å². The molecule has 1 saturated carbocycles. The smallest absolute Gasteiger partial charge is 0.350 e. The second kappa shape index (κ2) is 7.31. The van der Waals surface area contributed by atoms with Crippen LogP contribution in [0.2, 0.25) is 0 Å². The second-order valence-corrected chi connectivity index (χ2v) is 7.84. The van der Waals surface area contributed by atoms with Gasteiger partial charge in [0.15, 0.2) is 5.13 Å². The molecule has 1 aromatic carbocycles. The number of rotatable bonds is 5. The van der Waals surface area contributed by atoms with Crippen LogP contribution in [0.25, 0.3) is 10.9 Å². The van der Waals surface area contributed by atoms with E-state index in [0.29, 0.717) is 27.9 Å². The molecule has 144 valence electrons. The Morgan fingerprint density at radius 1 is 1.21 bits per heavy atom. The molecule has 4 rings (SSSR count). The van der Waals surface area contributed by atoms with E-state index in [2.05, 4.69) is 9.97 Å². The fraction of sp³-hybridized carbons (Fsp3) is 0.333. The fourth-order valence-corrected chi connectivity index (χ4v) is 4.26. The Hall–Kier alpha value is -2.80. The molecule has 1 aliphatic carbocycles. The number of hydrogen-bond donors (Lipinski definition) is 0. The van der Waals surface area contributed by atoms with Crippen molar-refractivity contribution in [1.82, 2.24) is 9.97 Å². The third-order valence-corrected chi connectivity index (χ3v) is 5.79. The summed E-state index contributed by atoms with van der Waals surface area (Å²) in [5.41, 5.74) is 2.79. The number of aromatic nitrogens is 2. The molecular weight excluding hydrogens is 374 g/mol. The van der Waals surface area contributed by atoms with Gasteiger partial charge in [-0.2, -0.15) is 0 Å². The maximum Gasteiger partial charge on any atom is 0.350 e. The SMILES string of the molecule is CCOC(=O)c1sc(N(C(=O)c2cc(C)nc3ccccc23)C2CC2)nc1C. The number of ether oxygens (including phenoxy) is 1. The molecule has 3 aromatic rings. The number of para-hydroxylation sites is 1. The van der Waals surface area contributed by atoms with Crippen molar-refractivity contribution >= 4 is 39.2 Å². The largest absolute Gasteiger partial charge is 0.462 e. The maximum absolute atomic E-state index is 13.6. The van der Waals surface area contributed by atoms with Crippen molar-refractivity contribution in [2.45, 2.75) is 39.7 Å². The Labute approximate surface area is 167 Å². The average molecular weight is 395 g/mol. The Kier molecular flexibility index (Phi) is 4.85. The number of thiazole rings is 1. The number of amides is 1. The number of fused-ring (bicyclic) bond motifs is 1. The summed E-state index contributed by atoms with van der Waals surface area (Å²) < 4.78 is 5.12. The number of nitrogens with zero attached hydrogens (tertiary/aromatic N) is 3. The van der Waals surface area contributed by atoms with Crippen LogP contribution in [-0.4, -0.2) is 34.5 Å². The summed E-state index contributed by atoms with van der Waals surface area (Å²) in [7, 11) is 0. The predicted molar refractivity (Wildman–Crippen MR) is 109 cm³/mol. The molecule has 0 spiro atoms. The van der Waals surface area contributed by atoms with Gasteiger partial charge in [-0.15, -0.1) is 0 Å². The van der Waals surface area contributed by atoms with Crippen LogP contribution < -0.4 is 4.90 Å². The molecule has 0 unspecified atom stereocenters. The molecule has 0 bridgehead atoms. The predicted octanol–water partition coefficient (Wildman–Crippen LogP) is 4.29. The van der Waals surface area contributed by atoms with Crippen LogP contribution in [-0.2, 0) is 4.74 Å². The molecule has 28 heavy (non-hydrogen) atoms. The molecule has 6 nitrogen and oxygen atoms in total. The normalized spacial score (nSPS) is 13.5. The Balaban J connectivity index is 1.77. The van der Waals surface area contributed by atoms with Gasteiger partial charge in [0.05, 0.1) is 23.4 Å². The molecular formula is C21H21N3O3S. The van der Waals surface area contributed by atoms with Crippen molar-refractivity contribution in [2.75, 3.05) is 11.5 Å². The van der Waals surface area contributed by atoms with Crippen molar-refractivity contribution in [2.24, 2.45) is 0 Å². The van der Waals surface area contributed by atoms with E-state index in [0.717, 1.165) is 29.4 Å². The van der Waals surface area contributed by atoms with Crippen LogP contribution in [0.3, 0.4) is 0 Å². The Bertz CT molecular complexity index is 1070. The van der Waals surface area contributed by atoms with Crippen LogP contribution in [0.5, 0.6) is 0 Å². The highest BCUT2D eigenvalue weighted by atomic mass is 32.1. The highest BCUT2D eigenvalue weighted by Gasteiger charge is 2.37. The van der Waals surface area contributed by atoms with Crippen molar-refractivity contribution < 1.29 is 14.3 Å². The van der Waals surface area contributed by atoms with Gasteiger partial charge in [-0.25, -0.2) is 9.78 Å². The summed E-state index contributed by atoms with van der Waals surface area (Å²) >= 11 is 1.22. The van der Waals surface area contributed by atoms with E-state index in [9.17, 15) is 9.59 Å². The number of benzene rings is 1. The highest BCUT2D eigenvalue weighted by molar-refractivity contribution is 7.17. The summed E-state index contributed by atoms with van der Waals surface area (Å²) in [6.45, 7) is 5.73. The van der Waals surface area contributed by atoms with Gasteiger partial charge in [-0.1, -0.05) is 29.5 Å². The van der Waals surface area contributed by atoms with Crippen molar-refractivity contribution in [1.29, 1.82) is 0 Å². The van der Waals surface area contributed by atoms with Gasteiger partial charge >= 0.3 is 5.97 Å². The first kappa shape index (κ1) is 18.6. The van der Waals surface area contributed by atoms with Gasteiger partial charge < -0.3 is 4.74 Å². The van der Waals surface area contributed by atoms with E-state index < -0.39 is 5.97 Å². The molecule has 0 aliphatic heterocycles. The molecule has 2 heterocycles. The van der Waals surface area contributed by atoms with Crippen LogP contribution >= 0.6 is 11.3 Å². The molecule has 1 fully saturated rings. The maximum atomic E-state index is 13.6. The Morgan fingerprint density at radius 3 is 2.68 bits per heavy atom. The minimum absolute atomic E-state index is 0.103. The molecule has 0 radical (unpaired) electrons. The van der Waals surface area contributed by atoms with Crippen LogP contribution in [0.4, 0.5) is 5.13 Å². The summed E-state index contributed by atoms with van der Waals surface area (Å²) in [6, 6.07) is 9.58. The van der Waals surface area contributed by atoms with Gasteiger partial charge in [0.1, 0.15) is 4.88 Å². The molecule has 1 amide bonds. The van der Waals surface area contributed by atoms with E-state index in [1.807, 2.05) is 37.3 Å². The van der Waals surface area contributed by atoms with Gasteiger partial charge in [0, 0.05) is 17.1 Å². The van der Waals surface area contributed by atoms with Gasteiger partial charge in [-0.3, -0.25) is 14.7 Å². The van der Waals surface area contributed by atoms with E-state index in [1.165, 1.54) is 11.3 Å². The summed E-state index contributed by atoms with van der Waals surface area (Å²) in [5, 5.41) is 1.37. The number of anilines is 1. The fourth-order valence-electron chi connectivity index (χ4n) is 3.23. The van der Waals surface area contributed by atoms with Gasteiger partial charge in [-0.05, 0) is 45.7 Å². The summed E-state index contributed by atoms with van der Waals surface area (Å²) in [6.07, 6.45) is 1.86.